The van der Waals surface area contributed by atoms with Gasteiger partial charge in [0.2, 0.25) is 0 Å². The van der Waals surface area contributed by atoms with Gasteiger partial charge in [-0.3, -0.25) is 4.98 Å². The Kier molecular flexibility index (Phi) is 5.26. The van der Waals surface area contributed by atoms with Gasteiger partial charge in [0.25, 0.3) is 0 Å². The van der Waals surface area contributed by atoms with Crippen molar-refractivity contribution in [3.05, 3.63) is 66.9 Å². The average molecular weight is 348 g/mol. The maximum absolute atomic E-state index is 5.65. The van der Waals surface area contributed by atoms with Crippen molar-refractivity contribution < 1.29 is 4.74 Å². The summed E-state index contributed by atoms with van der Waals surface area (Å²) < 4.78 is 7.96. The highest BCUT2D eigenvalue weighted by molar-refractivity contribution is 5.62. The van der Waals surface area contributed by atoms with E-state index in [1.54, 1.807) is 6.20 Å². The molecule has 0 aliphatic carbocycles. The molecule has 1 fully saturated rings. The zero-order valence-electron chi connectivity index (χ0n) is 14.8. The summed E-state index contributed by atoms with van der Waals surface area (Å²) in [5, 5.41) is 3.42. The van der Waals surface area contributed by atoms with Crippen molar-refractivity contribution in [1.29, 1.82) is 0 Å². The molecule has 2 aromatic heterocycles. The number of hydrogen-bond acceptors (Lipinski definition) is 4. The third-order valence-corrected chi connectivity index (χ3v) is 4.81. The van der Waals surface area contributed by atoms with Crippen LogP contribution >= 0.6 is 0 Å². The van der Waals surface area contributed by atoms with Gasteiger partial charge in [-0.05, 0) is 25.0 Å². The van der Waals surface area contributed by atoms with Gasteiger partial charge in [0.05, 0.1) is 30.0 Å². The number of rotatable bonds is 7. The Balaban J connectivity index is 1.47. The van der Waals surface area contributed by atoms with E-state index in [9.17, 15) is 0 Å². The minimum Gasteiger partial charge on any atom is -0.384 e. The third kappa shape index (κ3) is 3.78. The van der Waals surface area contributed by atoms with Crippen molar-refractivity contribution >= 4 is 5.69 Å². The zero-order valence-corrected chi connectivity index (χ0v) is 14.8. The molecule has 0 unspecified atom stereocenters. The monoisotopic (exact) mass is 348 g/mol. The van der Waals surface area contributed by atoms with Crippen LogP contribution in [0.5, 0.6) is 0 Å². The Labute approximate surface area is 154 Å². The number of pyridine rings is 1. The van der Waals surface area contributed by atoms with Crippen molar-refractivity contribution in [2.24, 2.45) is 0 Å². The highest BCUT2D eigenvalue weighted by atomic mass is 16.5. The van der Waals surface area contributed by atoms with Crippen LogP contribution in [-0.4, -0.2) is 34.3 Å². The molecule has 4 rings (SSSR count). The fourth-order valence-corrected chi connectivity index (χ4v) is 3.52. The number of benzene rings is 1. The Morgan fingerprint density at radius 2 is 2.08 bits per heavy atom. The fraction of sp³-hybridized carbons (Fsp3) is 0.333. The van der Waals surface area contributed by atoms with Gasteiger partial charge in [0.1, 0.15) is 0 Å². The van der Waals surface area contributed by atoms with Gasteiger partial charge < -0.3 is 14.6 Å². The third-order valence-electron chi connectivity index (χ3n) is 4.81. The second-order valence-corrected chi connectivity index (χ2v) is 6.62. The summed E-state index contributed by atoms with van der Waals surface area (Å²) in [4.78, 5) is 8.88. The quantitative estimate of drug-likeness (QED) is 0.657. The molecular weight excluding hydrogens is 324 g/mol. The molecule has 0 radical (unpaired) electrons. The van der Waals surface area contributed by atoms with Crippen LogP contribution in [-0.2, 0) is 11.3 Å². The van der Waals surface area contributed by atoms with Crippen molar-refractivity contribution in [3.8, 4) is 11.3 Å². The van der Waals surface area contributed by atoms with Crippen LogP contribution < -0.4 is 5.32 Å². The van der Waals surface area contributed by atoms with Crippen molar-refractivity contribution in [3.63, 3.8) is 0 Å². The minimum atomic E-state index is 0.430. The van der Waals surface area contributed by atoms with E-state index in [-0.39, 0.29) is 0 Å². The summed E-state index contributed by atoms with van der Waals surface area (Å²) in [6.07, 6.45) is 7.73. The first kappa shape index (κ1) is 16.8. The van der Waals surface area contributed by atoms with Gasteiger partial charge in [-0.15, -0.1) is 0 Å². The lowest BCUT2D eigenvalue weighted by atomic mass is 9.99. The molecule has 26 heavy (non-hydrogen) atoms. The summed E-state index contributed by atoms with van der Waals surface area (Å²) in [7, 11) is 0. The second kappa shape index (κ2) is 8.15. The predicted octanol–water partition coefficient (Wildman–Crippen LogP) is 3.95. The first-order valence-electron chi connectivity index (χ1n) is 9.24. The number of ether oxygens (including phenoxy) is 1. The molecule has 0 saturated carbocycles. The number of anilines is 1. The summed E-state index contributed by atoms with van der Waals surface area (Å²) >= 11 is 0. The SMILES string of the molecule is c1ccc(-c2ncn(CCCNc3cccnc3)c2[C@@H]2CCOC2)cc1. The molecule has 0 spiro atoms. The maximum atomic E-state index is 5.65. The Hall–Kier alpha value is -2.66. The fourth-order valence-electron chi connectivity index (χ4n) is 3.52. The molecule has 3 aromatic rings. The molecular formula is C21H24N4O. The first-order valence-corrected chi connectivity index (χ1v) is 9.24. The first-order chi connectivity index (χ1) is 12.9. The molecule has 5 nitrogen and oxygen atoms in total. The second-order valence-electron chi connectivity index (χ2n) is 6.62. The van der Waals surface area contributed by atoms with Gasteiger partial charge >= 0.3 is 0 Å². The van der Waals surface area contributed by atoms with Crippen molar-refractivity contribution in [2.45, 2.75) is 25.3 Å². The molecule has 1 N–H and O–H groups in total. The Morgan fingerprint density at radius 3 is 2.85 bits per heavy atom. The van der Waals surface area contributed by atoms with Crippen LogP contribution in [0.1, 0.15) is 24.5 Å². The number of nitrogens with one attached hydrogen (secondary N) is 1. The zero-order chi connectivity index (χ0) is 17.6. The molecule has 0 amide bonds. The van der Waals surface area contributed by atoms with E-state index < -0.39 is 0 Å². The average Bonchev–Trinajstić information content (AvgIpc) is 3.36. The summed E-state index contributed by atoms with van der Waals surface area (Å²) in [6, 6.07) is 14.4. The molecule has 1 atom stereocenters. The van der Waals surface area contributed by atoms with Crippen LogP contribution in [0.25, 0.3) is 11.3 Å². The topological polar surface area (TPSA) is 52.0 Å². The van der Waals surface area contributed by atoms with Gasteiger partial charge in [-0.1, -0.05) is 30.3 Å². The molecule has 1 aromatic carbocycles. The van der Waals surface area contributed by atoms with Gasteiger partial charge in [-0.2, -0.15) is 0 Å². The largest absolute Gasteiger partial charge is 0.384 e. The molecule has 3 heterocycles. The predicted molar refractivity (Wildman–Crippen MR) is 103 cm³/mol. The van der Waals surface area contributed by atoms with Gasteiger partial charge in [0.15, 0.2) is 0 Å². The lowest BCUT2D eigenvalue weighted by Crippen LogP contribution is -2.12. The normalized spacial score (nSPS) is 16.7. The van der Waals surface area contributed by atoms with E-state index in [1.807, 2.05) is 30.7 Å². The highest BCUT2D eigenvalue weighted by Crippen LogP contribution is 2.33. The molecule has 1 saturated heterocycles. The van der Waals surface area contributed by atoms with E-state index in [2.05, 4.69) is 39.1 Å². The molecule has 5 heteroatoms. The van der Waals surface area contributed by atoms with Crippen LogP contribution in [0.3, 0.4) is 0 Å². The highest BCUT2D eigenvalue weighted by Gasteiger charge is 2.25. The maximum Gasteiger partial charge on any atom is 0.0956 e. The summed E-state index contributed by atoms with van der Waals surface area (Å²) in [5.41, 5.74) is 4.66. The smallest absolute Gasteiger partial charge is 0.0956 e. The van der Waals surface area contributed by atoms with Crippen molar-refractivity contribution in [1.82, 2.24) is 14.5 Å². The van der Waals surface area contributed by atoms with Crippen LogP contribution in [0, 0.1) is 0 Å². The standard InChI is InChI=1S/C21H24N4O/c1-2-6-17(7-3-1)20-21(18-9-13-26-15-18)25(16-24-20)12-5-11-23-19-8-4-10-22-14-19/h1-4,6-8,10,14,16,18,23H,5,9,11-13,15H2/t18-/m1/s1. The van der Waals surface area contributed by atoms with E-state index >= 15 is 0 Å². The van der Waals surface area contributed by atoms with Gasteiger partial charge in [0, 0.05) is 43.6 Å². The number of nitrogens with zero attached hydrogens (tertiary/aromatic N) is 3. The number of imidazole rings is 1. The molecule has 1 aliphatic rings. The van der Waals surface area contributed by atoms with E-state index in [4.69, 9.17) is 9.72 Å². The number of hydrogen-bond donors (Lipinski definition) is 1. The Bertz CT molecular complexity index is 811. The van der Waals surface area contributed by atoms with Crippen LogP contribution in [0.4, 0.5) is 5.69 Å². The number of aromatic nitrogens is 3. The van der Waals surface area contributed by atoms with Crippen LogP contribution in [0.15, 0.2) is 61.2 Å². The summed E-state index contributed by atoms with van der Waals surface area (Å²) in [5.74, 6) is 0.430. The van der Waals surface area contributed by atoms with E-state index in [0.29, 0.717) is 5.92 Å². The van der Waals surface area contributed by atoms with Crippen LogP contribution in [0.2, 0.25) is 0 Å². The Morgan fingerprint density at radius 1 is 1.15 bits per heavy atom. The van der Waals surface area contributed by atoms with Gasteiger partial charge in [-0.25, -0.2) is 4.98 Å². The minimum absolute atomic E-state index is 0.430. The molecule has 0 bridgehead atoms. The van der Waals surface area contributed by atoms with E-state index in [1.165, 1.54) is 11.3 Å². The molecule has 1 aliphatic heterocycles. The van der Waals surface area contributed by atoms with Crippen molar-refractivity contribution in [2.75, 3.05) is 25.1 Å². The molecule has 134 valence electrons. The van der Waals surface area contributed by atoms with E-state index in [0.717, 1.165) is 50.5 Å². The lowest BCUT2D eigenvalue weighted by molar-refractivity contribution is 0.193. The lowest BCUT2D eigenvalue weighted by Gasteiger charge is -2.15. The summed E-state index contributed by atoms with van der Waals surface area (Å²) in [6.45, 7) is 3.48. The number of aryl methyl sites for hydroxylation is 1.